The zero-order valence-corrected chi connectivity index (χ0v) is 11.6. The Morgan fingerprint density at radius 2 is 1.81 bits per heavy atom. The average molecular weight is 260 g/mol. The monoisotopic (exact) mass is 259 g/mol. The standard InChI is InChI=1S/C13H19Cl2N/c1-9(2)6-7-16-10(3)11-4-5-12(14)13(15)8-11/h4-5,8-10,16H,6-7H2,1-3H3. The number of hydrogen-bond acceptors (Lipinski definition) is 1. The van der Waals surface area contributed by atoms with Gasteiger partial charge in [0.2, 0.25) is 0 Å². The van der Waals surface area contributed by atoms with Gasteiger partial charge >= 0.3 is 0 Å². The predicted octanol–water partition coefficient (Wildman–Crippen LogP) is 4.69. The van der Waals surface area contributed by atoms with Crippen LogP contribution in [0.15, 0.2) is 18.2 Å². The summed E-state index contributed by atoms with van der Waals surface area (Å²) < 4.78 is 0. The van der Waals surface area contributed by atoms with E-state index < -0.39 is 0 Å². The molecule has 0 spiro atoms. The van der Waals surface area contributed by atoms with Crippen molar-refractivity contribution >= 4 is 23.2 Å². The molecule has 16 heavy (non-hydrogen) atoms. The van der Waals surface area contributed by atoms with Crippen molar-refractivity contribution in [1.82, 2.24) is 5.32 Å². The molecule has 1 aromatic rings. The van der Waals surface area contributed by atoms with Gasteiger partial charge in [-0.2, -0.15) is 0 Å². The first-order valence-electron chi connectivity index (χ1n) is 5.69. The highest BCUT2D eigenvalue weighted by atomic mass is 35.5. The van der Waals surface area contributed by atoms with Crippen molar-refractivity contribution in [1.29, 1.82) is 0 Å². The second-order valence-corrected chi connectivity index (χ2v) is 5.35. The number of rotatable bonds is 5. The smallest absolute Gasteiger partial charge is 0.0595 e. The number of hydrogen-bond donors (Lipinski definition) is 1. The molecule has 0 saturated heterocycles. The molecule has 0 aliphatic carbocycles. The maximum Gasteiger partial charge on any atom is 0.0595 e. The first-order chi connectivity index (χ1) is 7.50. The van der Waals surface area contributed by atoms with Gasteiger partial charge in [-0.15, -0.1) is 0 Å². The molecule has 0 bridgehead atoms. The Balaban J connectivity index is 2.52. The maximum atomic E-state index is 5.98. The molecule has 0 fully saturated rings. The fourth-order valence-corrected chi connectivity index (χ4v) is 1.79. The molecule has 1 nitrogen and oxygen atoms in total. The SMILES string of the molecule is CC(C)CCNC(C)c1ccc(Cl)c(Cl)c1. The zero-order chi connectivity index (χ0) is 12.1. The van der Waals surface area contributed by atoms with E-state index in [9.17, 15) is 0 Å². The third-order valence-electron chi connectivity index (χ3n) is 2.62. The van der Waals surface area contributed by atoms with Crippen molar-refractivity contribution < 1.29 is 0 Å². The summed E-state index contributed by atoms with van der Waals surface area (Å²) >= 11 is 11.9. The summed E-state index contributed by atoms with van der Waals surface area (Å²) in [7, 11) is 0. The van der Waals surface area contributed by atoms with Crippen LogP contribution in [0.2, 0.25) is 10.0 Å². The molecule has 1 N–H and O–H groups in total. The van der Waals surface area contributed by atoms with Crippen LogP contribution in [0, 0.1) is 5.92 Å². The van der Waals surface area contributed by atoms with Crippen molar-refractivity contribution in [3.05, 3.63) is 33.8 Å². The molecule has 1 atom stereocenters. The van der Waals surface area contributed by atoms with E-state index in [4.69, 9.17) is 23.2 Å². The minimum Gasteiger partial charge on any atom is -0.310 e. The van der Waals surface area contributed by atoms with Crippen LogP contribution in [0.1, 0.15) is 38.8 Å². The van der Waals surface area contributed by atoms with E-state index >= 15 is 0 Å². The van der Waals surface area contributed by atoms with Gasteiger partial charge in [0.1, 0.15) is 0 Å². The molecule has 1 aromatic carbocycles. The van der Waals surface area contributed by atoms with Crippen molar-refractivity contribution in [3.63, 3.8) is 0 Å². The van der Waals surface area contributed by atoms with Crippen molar-refractivity contribution in [2.45, 2.75) is 33.2 Å². The van der Waals surface area contributed by atoms with Crippen molar-refractivity contribution in [2.75, 3.05) is 6.54 Å². The van der Waals surface area contributed by atoms with Gasteiger partial charge in [0, 0.05) is 6.04 Å². The zero-order valence-electron chi connectivity index (χ0n) is 10.1. The lowest BCUT2D eigenvalue weighted by Crippen LogP contribution is -2.20. The predicted molar refractivity (Wildman–Crippen MR) is 72.3 cm³/mol. The van der Waals surface area contributed by atoms with Crippen LogP contribution in [0.25, 0.3) is 0 Å². The first kappa shape index (κ1) is 13.8. The van der Waals surface area contributed by atoms with Gasteiger partial charge in [0.25, 0.3) is 0 Å². The van der Waals surface area contributed by atoms with Gasteiger partial charge < -0.3 is 5.32 Å². The van der Waals surface area contributed by atoms with Gasteiger partial charge in [-0.3, -0.25) is 0 Å². The Labute approximate surface area is 108 Å². The third-order valence-corrected chi connectivity index (χ3v) is 3.35. The third kappa shape index (κ3) is 4.32. The van der Waals surface area contributed by atoms with E-state index in [2.05, 4.69) is 26.1 Å². The molecule has 1 rings (SSSR count). The molecule has 90 valence electrons. The van der Waals surface area contributed by atoms with Gasteiger partial charge in [0.15, 0.2) is 0 Å². The van der Waals surface area contributed by atoms with Crippen LogP contribution in [0.5, 0.6) is 0 Å². The van der Waals surface area contributed by atoms with E-state index in [0.29, 0.717) is 16.1 Å². The van der Waals surface area contributed by atoms with Crippen molar-refractivity contribution in [2.24, 2.45) is 5.92 Å². The molecule has 0 aromatic heterocycles. The molecule has 0 radical (unpaired) electrons. The lowest BCUT2D eigenvalue weighted by atomic mass is 10.1. The normalized spacial score (nSPS) is 13.1. The summed E-state index contributed by atoms with van der Waals surface area (Å²) in [6, 6.07) is 6.10. The number of benzene rings is 1. The fraction of sp³-hybridized carbons (Fsp3) is 0.538. The summed E-state index contributed by atoms with van der Waals surface area (Å²) in [5.41, 5.74) is 1.18. The molecule has 3 heteroatoms. The molecule has 0 aliphatic heterocycles. The summed E-state index contributed by atoms with van der Waals surface area (Å²) in [5, 5.41) is 4.71. The Kier molecular flexibility index (Phi) is 5.60. The van der Waals surface area contributed by atoms with Crippen LogP contribution in [-0.4, -0.2) is 6.54 Å². The van der Waals surface area contributed by atoms with Gasteiger partial charge in [-0.25, -0.2) is 0 Å². The second-order valence-electron chi connectivity index (χ2n) is 4.53. The van der Waals surface area contributed by atoms with Gasteiger partial charge in [-0.05, 0) is 43.5 Å². The van der Waals surface area contributed by atoms with Crippen LogP contribution in [0.4, 0.5) is 0 Å². The first-order valence-corrected chi connectivity index (χ1v) is 6.44. The molecular formula is C13H19Cl2N. The Morgan fingerprint density at radius 3 is 2.38 bits per heavy atom. The Morgan fingerprint density at radius 1 is 1.12 bits per heavy atom. The number of halogens is 2. The fourth-order valence-electron chi connectivity index (χ4n) is 1.49. The van der Waals surface area contributed by atoms with Gasteiger partial charge in [0.05, 0.1) is 10.0 Å². The minimum absolute atomic E-state index is 0.313. The van der Waals surface area contributed by atoms with Crippen LogP contribution >= 0.6 is 23.2 Å². The molecular weight excluding hydrogens is 241 g/mol. The quantitative estimate of drug-likeness (QED) is 0.809. The lowest BCUT2D eigenvalue weighted by Gasteiger charge is -2.15. The minimum atomic E-state index is 0.313. The van der Waals surface area contributed by atoms with E-state index in [1.54, 1.807) is 0 Å². The van der Waals surface area contributed by atoms with Gasteiger partial charge in [-0.1, -0.05) is 43.1 Å². The largest absolute Gasteiger partial charge is 0.310 e. The maximum absolute atomic E-state index is 5.98. The second kappa shape index (κ2) is 6.48. The lowest BCUT2D eigenvalue weighted by molar-refractivity contribution is 0.497. The molecule has 0 amide bonds. The van der Waals surface area contributed by atoms with Crippen LogP contribution < -0.4 is 5.32 Å². The molecule has 1 unspecified atom stereocenters. The summed E-state index contributed by atoms with van der Waals surface area (Å²) in [6.07, 6.45) is 1.19. The van der Waals surface area contributed by atoms with E-state index in [1.165, 1.54) is 12.0 Å². The van der Waals surface area contributed by atoms with E-state index in [-0.39, 0.29) is 0 Å². The summed E-state index contributed by atoms with van der Waals surface area (Å²) in [6.45, 7) is 7.62. The van der Waals surface area contributed by atoms with Crippen LogP contribution in [0.3, 0.4) is 0 Å². The molecule has 0 saturated carbocycles. The van der Waals surface area contributed by atoms with E-state index in [0.717, 1.165) is 12.5 Å². The topological polar surface area (TPSA) is 12.0 Å². The average Bonchev–Trinajstić information content (AvgIpc) is 2.21. The Bertz CT molecular complexity index is 337. The summed E-state index contributed by atoms with van der Waals surface area (Å²) in [4.78, 5) is 0. The molecule has 0 aliphatic rings. The molecule has 0 heterocycles. The number of nitrogens with one attached hydrogen (secondary N) is 1. The van der Waals surface area contributed by atoms with Crippen molar-refractivity contribution in [3.8, 4) is 0 Å². The highest BCUT2D eigenvalue weighted by Gasteiger charge is 2.07. The van der Waals surface area contributed by atoms with E-state index in [1.807, 2.05) is 18.2 Å². The van der Waals surface area contributed by atoms with Crippen LogP contribution in [-0.2, 0) is 0 Å². The highest BCUT2D eigenvalue weighted by Crippen LogP contribution is 2.25. The Hall–Kier alpha value is -0.240. The highest BCUT2D eigenvalue weighted by molar-refractivity contribution is 6.42. The summed E-state index contributed by atoms with van der Waals surface area (Å²) in [5.74, 6) is 0.730.